The number of nitrogens with one attached hydrogen (secondary N) is 3. The number of pyridine rings is 2. The Bertz CT molecular complexity index is 1920. The van der Waals surface area contributed by atoms with Crippen molar-refractivity contribution in [1.82, 2.24) is 30.1 Å². The van der Waals surface area contributed by atoms with Crippen molar-refractivity contribution in [1.29, 1.82) is 0 Å². The van der Waals surface area contributed by atoms with Crippen LogP contribution in [0.25, 0.3) is 55.8 Å². The predicted molar refractivity (Wildman–Crippen MR) is 153 cm³/mol. The lowest BCUT2D eigenvalue weighted by molar-refractivity contribution is -0.120. The van der Waals surface area contributed by atoms with Crippen LogP contribution in [0, 0.1) is 17.6 Å². The third-order valence-corrected chi connectivity index (χ3v) is 7.67. The van der Waals surface area contributed by atoms with E-state index in [0.717, 1.165) is 37.7 Å². The van der Waals surface area contributed by atoms with Gasteiger partial charge in [-0.05, 0) is 42.7 Å². The number of H-pyrrole nitrogens is 2. The zero-order chi connectivity index (χ0) is 27.9. The largest absolute Gasteiger partial charge is 0.337 e. The summed E-state index contributed by atoms with van der Waals surface area (Å²) in [6, 6.07) is 13.5. The van der Waals surface area contributed by atoms with Gasteiger partial charge in [-0.25, -0.2) is 13.8 Å². The van der Waals surface area contributed by atoms with Gasteiger partial charge in [0.15, 0.2) is 11.6 Å². The lowest BCUT2D eigenvalue weighted by atomic mass is 9.88. The molecule has 0 saturated heterocycles. The second kappa shape index (κ2) is 10.2. The van der Waals surface area contributed by atoms with Crippen molar-refractivity contribution < 1.29 is 13.6 Å². The van der Waals surface area contributed by atoms with Gasteiger partial charge in [-0.15, -0.1) is 0 Å². The van der Waals surface area contributed by atoms with E-state index >= 15 is 4.39 Å². The van der Waals surface area contributed by atoms with E-state index in [1.807, 2.05) is 24.3 Å². The van der Waals surface area contributed by atoms with Crippen LogP contribution in [-0.2, 0) is 4.79 Å². The summed E-state index contributed by atoms with van der Waals surface area (Å²) in [5, 5.41) is 10.4. The minimum Gasteiger partial charge on any atom is -0.337 e. The van der Waals surface area contributed by atoms with Gasteiger partial charge in [0, 0.05) is 23.2 Å². The number of aromatic amines is 2. The van der Waals surface area contributed by atoms with Gasteiger partial charge in [0.2, 0.25) is 5.91 Å². The third kappa shape index (κ3) is 4.61. The summed E-state index contributed by atoms with van der Waals surface area (Å²) in [6.07, 6.45) is 9.59. The second-order valence-corrected chi connectivity index (χ2v) is 10.4. The molecule has 7 rings (SSSR count). The molecule has 0 radical (unpaired) electrons. The molecule has 1 aliphatic rings. The van der Waals surface area contributed by atoms with E-state index in [0.29, 0.717) is 39.2 Å². The van der Waals surface area contributed by atoms with Crippen molar-refractivity contribution in [2.45, 2.75) is 32.1 Å². The standard InChI is InChI=1S/C31H25F2N7O/c32-20-9-4-8-18(12-20)22-10-5-11-23-28(22)38-30(37-23)29-25-24(39-40-29)16-35-27(26(25)33)19-13-21(15-34-14-19)36-31(41)17-6-2-1-3-7-17/h4-5,8-17H,1-3,6-7H2,(H,36,41)(H,37,38)(H,39,40). The van der Waals surface area contributed by atoms with E-state index in [2.05, 4.69) is 30.5 Å². The van der Waals surface area contributed by atoms with Gasteiger partial charge < -0.3 is 10.3 Å². The van der Waals surface area contributed by atoms with E-state index in [9.17, 15) is 9.18 Å². The fraction of sp³-hybridized carbons (Fsp3) is 0.194. The molecule has 4 heterocycles. The predicted octanol–water partition coefficient (Wildman–Crippen LogP) is 7.03. The molecule has 1 saturated carbocycles. The molecule has 0 spiro atoms. The molecular weight excluding hydrogens is 524 g/mol. The highest BCUT2D eigenvalue weighted by molar-refractivity contribution is 5.98. The van der Waals surface area contributed by atoms with Gasteiger partial charge in [0.25, 0.3) is 0 Å². The first-order chi connectivity index (χ1) is 20.0. The molecule has 0 bridgehead atoms. The summed E-state index contributed by atoms with van der Waals surface area (Å²) in [7, 11) is 0. The number of anilines is 1. The third-order valence-electron chi connectivity index (χ3n) is 7.67. The minimum atomic E-state index is -0.588. The van der Waals surface area contributed by atoms with E-state index in [1.54, 1.807) is 18.3 Å². The summed E-state index contributed by atoms with van der Waals surface area (Å²) >= 11 is 0. The van der Waals surface area contributed by atoms with Gasteiger partial charge in [-0.1, -0.05) is 43.5 Å². The van der Waals surface area contributed by atoms with Crippen LogP contribution in [-0.4, -0.2) is 36.0 Å². The second-order valence-electron chi connectivity index (χ2n) is 10.4. The topological polar surface area (TPSA) is 112 Å². The molecule has 1 aliphatic carbocycles. The van der Waals surface area contributed by atoms with E-state index in [1.165, 1.54) is 24.5 Å². The lowest BCUT2D eigenvalue weighted by Gasteiger charge is -2.20. The number of benzene rings is 2. The van der Waals surface area contributed by atoms with Crippen LogP contribution in [0.2, 0.25) is 0 Å². The SMILES string of the molecule is O=C(Nc1cncc(-c2ncc3[nH]nc(-c4nc5c(-c6cccc(F)c6)cccc5[nH]4)c3c2F)c1)C1CCCCC1. The minimum absolute atomic E-state index is 0.0163. The van der Waals surface area contributed by atoms with E-state index in [-0.39, 0.29) is 34.4 Å². The van der Waals surface area contributed by atoms with Gasteiger partial charge in [-0.2, -0.15) is 5.10 Å². The Morgan fingerprint density at radius 1 is 0.902 bits per heavy atom. The van der Waals surface area contributed by atoms with Crippen LogP contribution in [0.3, 0.4) is 0 Å². The van der Waals surface area contributed by atoms with Crippen LogP contribution in [0.4, 0.5) is 14.5 Å². The molecule has 6 aromatic rings. The highest BCUT2D eigenvalue weighted by Crippen LogP contribution is 2.35. The quantitative estimate of drug-likeness (QED) is 0.214. The maximum atomic E-state index is 16.1. The Morgan fingerprint density at radius 3 is 2.61 bits per heavy atom. The number of carbonyl (C=O) groups is 1. The number of rotatable bonds is 5. The van der Waals surface area contributed by atoms with Crippen molar-refractivity contribution in [3.05, 3.63) is 78.8 Å². The number of hydrogen-bond donors (Lipinski definition) is 3. The normalized spacial score (nSPS) is 14.1. The van der Waals surface area contributed by atoms with Crippen LogP contribution < -0.4 is 5.32 Å². The molecule has 204 valence electrons. The summed E-state index contributed by atoms with van der Waals surface area (Å²) in [5.41, 5.74) is 4.44. The zero-order valence-electron chi connectivity index (χ0n) is 21.9. The first-order valence-corrected chi connectivity index (χ1v) is 13.6. The van der Waals surface area contributed by atoms with Crippen molar-refractivity contribution in [3.8, 4) is 33.9 Å². The van der Waals surface area contributed by atoms with Crippen LogP contribution >= 0.6 is 0 Å². The summed E-state index contributed by atoms with van der Waals surface area (Å²) in [5.74, 6) is -0.625. The Labute approximate surface area is 233 Å². The molecule has 41 heavy (non-hydrogen) atoms. The summed E-state index contributed by atoms with van der Waals surface area (Å²) in [4.78, 5) is 29.3. The number of hydrogen-bond acceptors (Lipinski definition) is 5. The first kappa shape index (κ1) is 25.0. The number of imidazole rings is 1. The number of nitrogens with zero attached hydrogens (tertiary/aromatic N) is 4. The monoisotopic (exact) mass is 549 g/mol. The van der Waals surface area contributed by atoms with Gasteiger partial charge >= 0.3 is 0 Å². The fourth-order valence-corrected chi connectivity index (χ4v) is 5.63. The average Bonchev–Trinajstić information content (AvgIpc) is 3.63. The molecule has 1 fully saturated rings. The van der Waals surface area contributed by atoms with Crippen molar-refractivity contribution in [3.63, 3.8) is 0 Å². The maximum absolute atomic E-state index is 16.1. The molecule has 3 N–H and O–H groups in total. The molecule has 8 nitrogen and oxygen atoms in total. The Morgan fingerprint density at radius 2 is 1.76 bits per heavy atom. The number of aromatic nitrogens is 6. The summed E-state index contributed by atoms with van der Waals surface area (Å²) in [6.45, 7) is 0. The maximum Gasteiger partial charge on any atom is 0.227 e. The molecule has 0 unspecified atom stereocenters. The van der Waals surface area contributed by atoms with Crippen LogP contribution in [0.1, 0.15) is 32.1 Å². The van der Waals surface area contributed by atoms with Crippen LogP contribution in [0.15, 0.2) is 67.1 Å². The van der Waals surface area contributed by atoms with E-state index < -0.39 is 5.82 Å². The molecule has 1 amide bonds. The highest BCUT2D eigenvalue weighted by atomic mass is 19.1. The van der Waals surface area contributed by atoms with Gasteiger partial charge in [0.1, 0.15) is 17.2 Å². The Hall–Kier alpha value is -4.99. The molecular formula is C31H25F2N7O. The lowest BCUT2D eigenvalue weighted by Crippen LogP contribution is -2.24. The average molecular weight is 550 g/mol. The molecule has 0 atom stereocenters. The number of amides is 1. The number of halogens is 2. The Balaban J connectivity index is 1.26. The molecule has 10 heteroatoms. The molecule has 2 aromatic carbocycles. The van der Waals surface area contributed by atoms with Crippen molar-refractivity contribution >= 4 is 33.5 Å². The van der Waals surface area contributed by atoms with E-state index in [4.69, 9.17) is 4.98 Å². The van der Waals surface area contributed by atoms with Gasteiger partial charge in [-0.3, -0.25) is 19.9 Å². The van der Waals surface area contributed by atoms with Crippen molar-refractivity contribution in [2.75, 3.05) is 5.32 Å². The zero-order valence-corrected chi connectivity index (χ0v) is 21.9. The number of para-hydroxylation sites is 1. The summed E-state index contributed by atoms with van der Waals surface area (Å²) < 4.78 is 30.1. The van der Waals surface area contributed by atoms with Gasteiger partial charge in [0.05, 0.1) is 40.0 Å². The van der Waals surface area contributed by atoms with Crippen LogP contribution in [0.5, 0.6) is 0 Å². The molecule has 0 aliphatic heterocycles. The molecule has 4 aromatic heterocycles. The number of fused-ring (bicyclic) bond motifs is 2. The fourth-order valence-electron chi connectivity index (χ4n) is 5.63. The Kier molecular flexibility index (Phi) is 6.22. The van der Waals surface area contributed by atoms with Crippen molar-refractivity contribution in [2.24, 2.45) is 5.92 Å². The smallest absolute Gasteiger partial charge is 0.227 e. The number of carbonyl (C=O) groups excluding carboxylic acids is 1. The highest BCUT2D eigenvalue weighted by Gasteiger charge is 2.23. The first-order valence-electron chi connectivity index (χ1n) is 13.6.